The van der Waals surface area contributed by atoms with E-state index < -0.39 is 0 Å². The van der Waals surface area contributed by atoms with Gasteiger partial charge in [0.05, 0.1) is 6.10 Å². The van der Waals surface area contributed by atoms with Crippen LogP contribution in [0, 0.1) is 5.92 Å². The largest absolute Gasteiger partial charge is 0.472 e. The molecule has 0 aliphatic rings. The van der Waals surface area contributed by atoms with Crippen LogP contribution in [0.1, 0.15) is 20.8 Å². The molecule has 1 atom stereocenters. The van der Waals surface area contributed by atoms with Gasteiger partial charge in [0.25, 0.3) is 5.88 Å². The number of rotatable bonds is 7. The number of aromatic nitrogens is 4. The fourth-order valence-corrected chi connectivity index (χ4v) is 1.82. The zero-order chi connectivity index (χ0) is 14.4. The van der Waals surface area contributed by atoms with Gasteiger partial charge in [-0.3, -0.25) is 4.68 Å². The Kier molecular flexibility index (Phi) is 4.92. The lowest BCUT2D eigenvalue weighted by molar-refractivity contribution is 0.233. The van der Waals surface area contributed by atoms with Crippen molar-refractivity contribution in [1.82, 2.24) is 19.7 Å². The molecule has 6 nitrogen and oxygen atoms in total. The fourth-order valence-electron chi connectivity index (χ4n) is 1.82. The van der Waals surface area contributed by atoms with Crippen LogP contribution in [0.2, 0.25) is 0 Å². The van der Waals surface area contributed by atoms with Gasteiger partial charge in [0.1, 0.15) is 0 Å². The van der Waals surface area contributed by atoms with Gasteiger partial charge in [0, 0.05) is 37.9 Å². The van der Waals surface area contributed by atoms with Crippen molar-refractivity contribution in [2.45, 2.75) is 33.4 Å². The standard InChI is InChI=1S/C14H21N5O/c1-11(2)20-14-13(15-6-7-16-14)17-9-12(3)10-19-8-4-5-18-19/h4-8,11-12H,9-10H2,1-3H3,(H,15,17). The predicted molar refractivity (Wildman–Crippen MR) is 77.7 cm³/mol. The molecule has 0 fully saturated rings. The molecule has 1 N–H and O–H groups in total. The highest BCUT2D eigenvalue weighted by Gasteiger charge is 2.10. The molecule has 0 saturated carbocycles. The van der Waals surface area contributed by atoms with Crippen molar-refractivity contribution >= 4 is 5.82 Å². The molecule has 0 amide bonds. The average Bonchev–Trinajstić information content (AvgIpc) is 2.90. The normalized spacial score (nSPS) is 12.4. The third-order valence-corrected chi connectivity index (χ3v) is 2.69. The number of nitrogens with zero attached hydrogens (tertiary/aromatic N) is 4. The highest BCUT2D eigenvalue weighted by atomic mass is 16.5. The lowest BCUT2D eigenvalue weighted by atomic mass is 10.2. The van der Waals surface area contributed by atoms with Crippen LogP contribution < -0.4 is 10.1 Å². The third-order valence-electron chi connectivity index (χ3n) is 2.69. The molecule has 2 aromatic rings. The lowest BCUT2D eigenvalue weighted by Gasteiger charge is -2.16. The van der Waals surface area contributed by atoms with Crippen LogP contribution in [-0.2, 0) is 6.54 Å². The first-order valence-corrected chi connectivity index (χ1v) is 6.84. The summed E-state index contributed by atoms with van der Waals surface area (Å²) in [7, 11) is 0. The molecule has 0 radical (unpaired) electrons. The summed E-state index contributed by atoms with van der Waals surface area (Å²) in [5.41, 5.74) is 0. The van der Waals surface area contributed by atoms with Gasteiger partial charge >= 0.3 is 0 Å². The first kappa shape index (κ1) is 14.3. The van der Waals surface area contributed by atoms with Crippen LogP contribution in [-0.4, -0.2) is 32.4 Å². The van der Waals surface area contributed by atoms with Crippen molar-refractivity contribution < 1.29 is 4.74 Å². The Hall–Kier alpha value is -2.11. The number of hydrogen-bond donors (Lipinski definition) is 1. The van der Waals surface area contributed by atoms with Crippen molar-refractivity contribution in [2.24, 2.45) is 5.92 Å². The maximum atomic E-state index is 5.63. The average molecular weight is 275 g/mol. The quantitative estimate of drug-likeness (QED) is 0.839. The summed E-state index contributed by atoms with van der Waals surface area (Å²) in [5, 5.41) is 7.50. The zero-order valence-corrected chi connectivity index (χ0v) is 12.2. The molecular formula is C14H21N5O. The van der Waals surface area contributed by atoms with Gasteiger partial charge in [-0.05, 0) is 25.8 Å². The Morgan fingerprint density at radius 1 is 1.20 bits per heavy atom. The molecule has 0 saturated heterocycles. The maximum Gasteiger partial charge on any atom is 0.257 e. The van der Waals surface area contributed by atoms with E-state index in [-0.39, 0.29) is 6.10 Å². The number of nitrogens with one attached hydrogen (secondary N) is 1. The van der Waals surface area contributed by atoms with Gasteiger partial charge in [0.2, 0.25) is 0 Å². The second kappa shape index (κ2) is 6.88. The van der Waals surface area contributed by atoms with Crippen molar-refractivity contribution in [2.75, 3.05) is 11.9 Å². The van der Waals surface area contributed by atoms with Gasteiger partial charge in [-0.15, -0.1) is 0 Å². The van der Waals surface area contributed by atoms with E-state index in [0.717, 1.165) is 13.1 Å². The van der Waals surface area contributed by atoms with Crippen LogP contribution >= 0.6 is 0 Å². The van der Waals surface area contributed by atoms with Gasteiger partial charge in [-0.2, -0.15) is 5.10 Å². The highest BCUT2D eigenvalue weighted by Crippen LogP contribution is 2.19. The Morgan fingerprint density at radius 2 is 2.00 bits per heavy atom. The Bertz CT molecular complexity index is 512. The Balaban J connectivity index is 1.90. The minimum Gasteiger partial charge on any atom is -0.472 e. The lowest BCUT2D eigenvalue weighted by Crippen LogP contribution is -2.19. The number of ether oxygens (including phenoxy) is 1. The minimum absolute atomic E-state index is 0.0775. The zero-order valence-electron chi connectivity index (χ0n) is 12.2. The van der Waals surface area contributed by atoms with E-state index in [9.17, 15) is 0 Å². The third kappa shape index (κ3) is 4.22. The SMILES string of the molecule is CC(CNc1nccnc1OC(C)C)Cn1cccn1. The Morgan fingerprint density at radius 3 is 2.70 bits per heavy atom. The molecule has 108 valence electrons. The monoisotopic (exact) mass is 275 g/mol. The molecule has 0 aliphatic heterocycles. The minimum atomic E-state index is 0.0775. The molecule has 6 heteroatoms. The van der Waals surface area contributed by atoms with Crippen molar-refractivity contribution in [3.8, 4) is 5.88 Å². The van der Waals surface area contributed by atoms with Crippen molar-refractivity contribution in [1.29, 1.82) is 0 Å². The molecule has 0 aliphatic carbocycles. The van der Waals surface area contributed by atoms with Gasteiger partial charge in [0.15, 0.2) is 5.82 Å². The summed E-state index contributed by atoms with van der Waals surface area (Å²) in [6.45, 7) is 7.75. The molecule has 0 bridgehead atoms. The molecule has 0 spiro atoms. The summed E-state index contributed by atoms with van der Waals surface area (Å²) < 4.78 is 7.55. The second-order valence-corrected chi connectivity index (χ2v) is 5.09. The van der Waals surface area contributed by atoms with E-state index in [1.807, 2.05) is 30.8 Å². The van der Waals surface area contributed by atoms with Crippen LogP contribution in [0.15, 0.2) is 30.9 Å². The molecule has 20 heavy (non-hydrogen) atoms. The van der Waals surface area contributed by atoms with E-state index in [1.165, 1.54) is 0 Å². The van der Waals surface area contributed by atoms with Crippen LogP contribution in [0.3, 0.4) is 0 Å². The predicted octanol–water partition coefficient (Wildman–Crippen LogP) is 2.21. The van der Waals surface area contributed by atoms with Crippen LogP contribution in [0.4, 0.5) is 5.82 Å². The molecule has 0 aromatic carbocycles. The van der Waals surface area contributed by atoms with Gasteiger partial charge in [-0.25, -0.2) is 9.97 Å². The van der Waals surface area contributed by atoms with Crippen LogP contribution in [0.25, 0.3) is 0 Å². The van der Waals surface area contributed by atoms with E-state index in [1.54, 1.807) is 18.6 Å². The molecule has 1 unspecified atom stereocenters. The number of anilines is 1. The summed E-state index contributed by atoms with van der Waals surface area (Å²) >= 11 is 0. The maximum absolute atomic E-state index is 5.63. The van der Waals surface area contributed by atoms with Gasteiger partial charge < -0.3 is 10.1 Å². The molecule has 2 heterocycles. The second-order valence-electron chi connectivity index (χ2n) is 5.09. The summed E-state index contributed by atoms with van der Waals surface area (Å²) in [5.74, 6) is 1.66. The first-order valence-electron chi connectivity index (χ1n) is 6.84. The number of hydrogen-bond acceptors (Lipinski definition) is 5. The fraction of sp³-hybridized carbons (Fsp3) is 0.500. The van der Waals surface area contributed by atoms with Crippen LogP contribution in [0.5, 0.6) is 5.88 Å². The smallest absolute Gasteiger partial charge is 0.257 e. The summed E-state index contributed by atoms with van der Waals surface area (Å²) in [4.78, 5) is 8.49. The Labute approximate surface area is 119 Å². The first-order chi connectivity index (χ1) is 9.65. The molecule has 2 aromatic heterocycles. The van der Waals surface area contributed by atoms with E-state index in [4.69, 9.17) is 4.74 Å². The van der Waals surface area contributed by atoms with Crippen molar-refractivity contribution in [3.63, 3.8) is 0 Å². The van der Waals surface area contributed by atoms with E-state index >= 15 is 0 Å². The molecule has 2 rings (SSSR count). The summed E-state index contributed by atoms with van der Waals surface area (Å²) in [6, 6.07) is 1.93. The van der Waals surface area contributed by atoms with E-state index in [2.05, 4.69) is 27.3 Å². The van der Waals surface area contributed by atoms with E-state index in [0.29, 0.717) is 17.6 Å². The van der Waals surface area contributed by atoms with Gasteiger partial charge in [-0.1, -0.05) is 6.92 Å². The van der Waals surface area contributed by atoms with Crippen molar-refractivity contribution in [3.05, 3.63) is 30.9 Å². The molecular weight excluding hydrogens is 254 g/mol. The topological polar surface area (TPSA) is 64.9 Å². The summed E-state index contributed by atoms with van der Waals surface area (Å²) in [6.07, 6.45) is 7.13. The highest BCUT2D eigenvalue weighted by molar-refractivity contribution is 5.44.